The van der Waals surface area contributed by atoms with Gasteiger partial charge in [0.1, 0.15) is 0 Å². The van der Waals surface area contributed by atoms with Crippen LogP contribution in [0.2, 0.25) is 0 Å². The molecule has 0 aliphatic rings. The van der Waals surface area contributed by atoms with Gasteiger partial charge in [-0.1, -0.05) is 0 Å². The van der Waals surface area contributed by atoms with Gasteiger partial charge in [-0.15, -0.1) is 0 Å². The summed E-state index contributed by atoms with van der Waals surface area (Å²) in [6, 6.07) is 4.29. The van der Waals surface area contributed by atoms with Gasteiger partial charge in [0.15, 0.2) is 0 Å². The zero-order valence-electron chi connectivity index (χ0n) is 7.23. The summed E-state index contributed by atoms with van der Waals surface area (Å²) in [5, 5.41) is 0. The van der Waals surface area contributed by atoms with Crippen LogP contribution in [0.15, 0.2) is 24.5 Å². The highest BCUT2D eigenvalue weighted by Crippen LogP contribution is 2.03. The normalized spacial score (nSPS) is 12.8. The van der Waals surface area contributed by atoms with Crippen molar-refractivity contribution in [3.05, 3.63) is 30.1 Å². The number of aromatic nitrogens is 1. The zero-order valence-corrected chi connectivity index (χ0v) is 8.05. The molecule has 66 valence electrons. The molecule has 0 bridgehead atoms. The SMILES string of the molecule is CSCC(N)Cc1ccncc1. The molecule has 1 atom stereocenters. The van der Waals surface area contributed by atoms with E-state index in [2.05, 4.69) is 11.2 Å². The predicted molar refractivity (Wildman–Crippen MR) is 54.3 cm³/mol. The standard InChI is InChI=1S/C9H14N2S/c1-12-7-9(10)6-8-2-4-11-5-3-8/h2-5,9H,6-7,10H2,1H3. The lowest BCUT2D eigenvalue weighted by atomic mass is 10.1. The van der Waals surface area contributed by atoms with E-state index < -0.39 is 0 Å². The molecular weight excluding hydrogens is 168 g/mol. The van der Waals surface area contributed by atoms with Gasteiger partial charge in [-0.05, 0) is 30.4 Å². The van der Waals surface area contributed by atoms with E-state index >= 15 is 0 Å². The third-order valence-electron chi connectivity index (χ3n) is 1.63. The molecule has 12 heavy (non-hydrogen) atoms. The van der Waals surface area contributed by atoms with Crippen molar-refractivity contribution in [3.63, 3.8) is 0 Å². The molecule has 1 unspecified atom stereocenters. The van der Waals surface area contributed by atoms with Crippen molar-refractivity contribution in [3.8, 4) is 0 Å². The molecule has 0 saturated carbocycles. The fourth-order valence-corrected chi connectivity index (χ4v) is 1.64. The highest BCUT2D eigenvalue weighted by Gasteiger charge is 2.01. The Hall–Kier alpha value is -0.540. The molecule has 0 amide bonds. The van der Waals surface area contributed by atoms with Gasteiger partial charge >= 0.3 is 0 Å². The topological polar surface area (TPSA) is 38.9 Å². The lowest BCUT2D eigenvalue weighted by Crippen LogP contribution is -2.25. The van der Waals surface area contributed by atoms with Gasteiger partial charge in [0, 0.05) is 24.2 Å². The van der Waals surface area contributed by atoms with Gasteiger partial charge in [-0.25, -0.2) is 0 Å². The minimum Gasteiger partial charge on any atom is -0.327 e. The number of hydrogen-bond acceptors (Lipinski definition) is 3. The second-order valence-corrected chi connectivity index (χ2v) is 3.69. The maximum absolute atomic E-state index is 5.87. The van der Waals surface area contributed by atoms with Gasteiger partial charge in [-0.3, -0.25) is 4.98 Å². The third kappa shape index (κ3) is 3.24. The lowest BCUT2D eigenvalue weighted by Gasteiger charge is -2.08. The third-order valence-corrected chi connectivity index (χ3v) is 2.39. The molecule has 0 aliphatic carbocycles. The summed E-state index contributed by atoms with van der Waals surface area (Å²) in [5.74, 6) is 1.02. The first-order chi connectivity index (χ1) is 5.83. The van der Waals surface area contributed by atoms with Gasteiger partial charge < -0.3 is 5.73 Å². The molecule has 0 saturated heterocycles. The fraction of sp³-hybridized carbons (Fsp3) is 0.444. The maximum atomic E-state index is 5.87. The Morgan fingerprint density at radius 1 is 1.50 bits per heavy atom. The average molecular weight is 182 g/mol. The Balaban J connectivity index is 2.41. The largest absolute Gasteiger partial charge is 0.327 e. The Morgan fingerprint density at radius 2 is 2.17 bits per heavy atom. The Kier molecular flexibility index (Phi) is 4.11. The van der Waals surface area contributed by atoms with Crippen LogP contribution in [0.3, 0.4) is 0 Å². The summed E-state index contributed by atoms with van der Waals surface area (Å²) in [6.07, 6.45) is 6.64. The molecule has 1 rings (SSSR count). The second-order valence-electron chi connectivity index (χ2n) is 2.78. The first-order valence-corrected chi connectivity index (χ1v) is 5.35. The Bertz CT molecular complexity index is 213. The first kappa shape index (κ1) is 9.55. The van der Waals surface area contributed by atoms with E-state index in [0.29, 0.717) is 0 Å². The molecule has 2 nitrogen and oxygen atoms in total. The molecule has 2 N–H and O–H groups in total. The number of nitrogens with two attached hydrogens (primary N) is 1. The Morgan fingerprint density at radius 3 is 2.75 bits per heavy atom. The highest BCUT2D eigenvalue weighted by atomic mass is 32.2. The molecule has 0 spiro atoms. The summed E-state index contributed by atoms with van der Waals surface area (Å²) < 4.78 is 0. The number of pyridine rings is 1. The van der Waals surface area contributed by atoms with Crippen molar-refractivity contribution in [1.82, 2.24) is 4.98 Å². The smallest absolute Gasteiger partial charge is 0.0270 e. The quantitative estimate of drug-likeness (QED) is 0.763. The van der Waals surface area contributed by atoms with Gasteiger partial charge in [0.05, 0.1) is 0 Å². The van der Waals surface area contributed by atoms with Crippen LogP contribution < -0.4 is 5.73 Å². The highest BCUT2D eigenvalue weighted by molar-refractivity contribution is 7.98. The summed E-state index contributed by atoms with van der Waals surface area (Å²) >= 11 is 1.79. The van der Waals surface area contributed by atoms with Gasteiger partial charge in [0.2, 0.25) is 0 Å². The lowest BCUT2D eigenvalue weighted by molar-refractivity contribution is 0.748. The van der Waals surface area contributed by atoms with Crippen molar-refractivity contribution >= 4 is 11.8 Å². The van der Waals surface area contributed by atoms with Crippen molar-refractivity contribution in [2.45, 2.75) is 12.5 Å². The molecule has 1 heterocycles. The van der Waals surface area contributed by atoms with Crippen LogP contribution in [0.25, 0.3) is 0 Å². The van der Waals surface area contributed by atoms with E-state index in [4.69, 9.17) is 5.73 Å². The van der Waals surface area contributed by atoms with Crippen molar-refractivity contribution < 1.29 is 0 Å². The molecule has 0 aromatic carbocycles. The van der Waals surface area contributed by atoms with Crippen molar-refractivity contribution in [2.24, 2.45) is 5.73 Å². The van der Waals surface area contributed by atoms with Crippen LogP contribution >= 0.6 is 11.8 Å². The molecule has 0 radical (unpaired) electrons. The van der Waals surface area contributed by atoms with Crippen LogP contribution in [0.1, 0.15) is 5.56 Å². The predicted octanol–water partition coefficient (Wildman–Crippen LogP) is 1.31. The molecule has 1 aromatic heterocycles. The number of nitrogens with zero attached hydrogens (tertiary/aromatic N) is 1. The van der Waals surface area contributed by atoms with E-state index in [1.807, 2.05) is 12.1 Å². The first-order valence-electron chi connectivity index (χ1n) is 3.96. The summed E-state index contributed by atoms with van der Waals surface area (Å²) in [7, 11) is 0. The van der Waals surface area contributed by atoms with Crippen LogP contribution in [-0.2, 0) is 6.42 Å². The van der Waals surface area contributed by atoms with E-state index in [1.165, 1.54) is 5.56 Å². The van der Waals surface area contributed by atoms with Crippen LogP contribution in [0.4, 0.5) is 0 Å². The van der Waals surface area contributed by atoms with E-state index in [9.17, 15) is 0 Å². The number of rotatable bonds is 4. The molecular formula is C9H14N2S. The van der Waals surface area contributed by atoms with Crippen LogP contribution in [0, 0.1) is 0 Å². The summed E-state index contributed by atoms with van der Waals surface area (Å²) in [5.41, 5.74) is 7.14. The van der Waals surface area contributed by atoms with Gasteiger partial charge in [0.25, 0.3) is 0 Å². The van der Waals surface area contributed by atoms with Crippen molar-refractivity contribution in [2.75, 3.05) is 12.0 Å². The minimum atomic E-state index is 0.266. The van der Waals surface area contributed by atoms with E-state index in [1.54, 1.807) is 24.2 Å². The average Bonchev–Trinajstić information content (AvgIpc) is 2.06. The number of thioether (sulfide) groups is 1. The van der Waals surface area contributed by atoms with Crippen LogP contribution in [0.5, 0.6) is 0 Å². The number of hydrogen-bond donors (Lipinski definition) is 1. The van der Waals surface area contributed by atoms with Crippen LogP contribution in [-0.4, -0.2) is 23.0 Å². The van der Waals surface area contributed by atoms with E-state index in [0.717, 1.165) is 12.2 Å². The Labute approximate surface area is 77.6 Å². The fourth-order valence-electron chi connectivity index (χ4n) is 1.09. The minimum absolute atomic E-state index is 0.266. The zero-order chi connectivity index (χ0) is 8.81. The van der Waals surface area contributed by atoms with Crippen molar-refractivity contribution in [1.29, 1.82) is 0 Å². The molecule has 3 heteroatoms. The molecule has 0 aliphatic heterocycles. The van der Waals surface area contributed by atoms with Gasteiger partial charge in [-0.2, -0.15) is 11.8 Å². The monoisotopic (exact) mass is 182 g/mol. The maximum Gasteiger partial charge on any atom is 0.0270 e. The summed E-state index contributed by atoms with van der Waals surface area (Å²) in [6.45, 7) is 0. The second kappa shape index (κ2) is 5.17. The molecule has 1 aromatic rings. The summed E-state index contributed by atoms with van der Waals surface area (Å²) in [4.78, 5) is 3.95. The van der Waals surface area contributed by atoms with E-state index in [-0.39, 0.29) is 6.04 Å². The molecule has 0 fully saturated rings.